The summed E-state index contributed by atoms with van der Waals surface area (Å²) < 4.78 is 9.49. The zero-order valence-electron chi connectivity index (χ0n) is 12.2. The minimum Gasteiger partial charge on any atom is -0.478 e. The number of carboxylic acid groups (broad SMARTS) is 1. The molecule has 0 spiro atoms. The Balaban J connectivity index is 2.76. The van der Waals surface area contributed by atoms with Gasteiger partial charge in [0.05, 0.1) is 11.1 Å². The first-order chi connectivity index (χ1) is 10.1. The number of ether oxygens (including phenoxy) is 2. The lowest BCUT2D eigenvalue weighted by Gasteiger charge is -2.23. The van der Waals surface area contributed by atoms with Crippen LogP contribution in [-0.4, -0.2) is 40.5 Å². The summed E-state index contributed by atoms with van der Waals surface area (Å²) in [4.78, 5) is 34.2. The Bertz CT molecular complexity index is 616. The summed E-state index contributed by atoms with van der Waals surface area (Å²) in [5.74, 6) is -5.13. The van der Waals surface area contributed by atoms with Crippen LogP contribution in [0.3, 0.4) is 0 Å². The normalized spacial score (nSPS) is 12.9. The smallest absolute Gasteiger partial charge is 0.339 e. The molecule has 0 aliphatic heterocycles. The SMILES string of the molecule is C=C(C)C(=O)OC(C)(O)COC(=O)c1ccccc1C(=O)O. The first kappa shape index (κ1) is 17.4. The van der Waals surface area contributed by atoms with Crippen LogP contribution in [0.1, 0.15) is 34.6 Å². The number of hydrogen-bond donors (Lipinski definition) is 2. The largest absolute Gasteiger partial charge is 0.478 e. The number of carbonyl (C=O) groups is 3. The fraction of sp³-hybridized carbons (Fsp3) is 0.267. The molecule has 0 aliphatic carbocycles. The number of esters is 2. The van der Waals surface area contributed by atoms with Crippen LogP contribution in [0.5, 0.6) is 0 Å². The molecule has 0 bridgehead atoms. The molecule has 1 unspecified atom stereocenters. The third-order valence-corrected chi connectivity index (χ3v) is 2.51. The highest BCUT2D eigenvalue weighted by Gasteiger charge is 2.29. The van der Waals surface area contributed by atoms with Crippen molar-refractivity contribution in [2.24, 2.45) is 0 Å². The minimum atomic E-state index is -2.05. The molecule has 118 valence electrons. The van der Waals surface area contributed by atoms with Crippen molar-refractivity contribution >= 4 is 17.9 Å². The van der Waals surface area contributed by atoms with Crippen LogP contribution >= 0.6 is 0 Å². The van der Waals surface area contributed by atoms with Crippen LogP contribution in [-0.2, 0) is 14.3 Å². The Morgan fingerprint density at radius 2 is 1.77 bits per heavy atom. The van der Waals surface area contributed by atoms with Gasteiger partial charge in [-0.15, -0.1) is 0 Å². The molecule has 0 radical (unpaired) electrons. The van der Waals surface area contributed by atoms with E-state index in [4.69, 9.17) is 9.84 Å². The van der Waals surface area contributed by atoms with Crippen LogP contribution < -0.4 is 0 Å². The molecule has 7 heteroatoms. The Kier molecular flexibility index (Phi) is 5.42. The van der Waals surface area contributed by atoms with Crippen molar-refractivity contribution in [3.8, 4) is 0 Å². The summed E-state index contributed by atoms with van der Waals surface area (Å²) in [5.41, 5.74) is -0.328. The van der Waals surface area contributed by atoms with Gasteiger partial charge in [-0.05, 0) is 19.1 Å². The molecule has 0 saturated heterocycles. The van der Waals surface area contributed by atoms with Gasteiger partial charge in [-0.3, -0.25) is 0 Å². The summed E-state index contributed by atoms with van der Waals surface area (Å²) in [5, 5.41) is 18.8. The second kappa shape index (κ2) is 6.86. The molecule has 1 rings (SSSR count). The van der Waals surface area contributed by atoms with E-state index in [1.165, 1.54) is 31.2 Å². The predicted molar refractivity (Wildman–Crippen MR) is 75.2 cm³/mol. The van der Waals surface area contributed by atoms with E-state index in [2.05, 4.69) is 11.3 Å². The highest BCUT2D eigenvalue weighted by molar-refractivity contribution is 6.02. The maximum atomic E-state index is 11.9. The van der Waals surface area contributed by atoms with Gasteiger partial charge in [0.1, 0.15) is 0 Å². The van der Waals surface area contributed by atoms with Crippen LogP contribution in [0.2, 0.25) is 0 Å². The maximum absolute atomic E-state index is 11.9. The van der Waals surface area contributed by atoms with E-state index in [1.54, 1.807) is 0 Å². The number of hydrogen-bond acceptors (Lipinski definition) is 6. The van der Waals surface area contributed by atoms with Gasteiger partial charge in [0.15, 0.2) is 6.61 Å². The van der Waals surface area contributed by atoms with Gasteiger partial charge in [0, 0.05) is 12.5 Å². The van der Waals surface area contributed by atoms with Gasteiger partial charge in [-0.2, -0.15) is 0 Å². The van der Waals surface area contributed by atoms with Gasteiger partial charge in [-0.25, -0.2) is 14.4 Å². The average Bonchev–Trinajstić information content (AvgIpc) is 2.44. The zero-order chi connectivity index (χ0) is 16.9. The van der Waals surface area contributed by atoms with Crippen LogP contribution in [0, 0.1) is 0 Å². The third-order valence-electron chi connectivity index (χ3n) is 2.51. The van der Waals surface area contributed by atoms with Crippen LogP contribution in [0.4, 0.5) is 0 Å². The van der Waals surface area contributed by atoms with E-state index in [-0.39, 0.29) is 16.7 Å². The van der Waals surface area contributed by atoms with Crippen molar-refractivity contribution in [2.45, 2.75) is 19.6 Å². The maximum Gasteiger partial charge on any atom is 0.339 e. The first-order valence-corrected chi connectivity index (χ1v) is 6.25. The van der Waals surface area contributed by atoms with Crippen LogP contribution in [0.25, 0.3) is 0 Å². The molecule has 22 heavy (non-hydrogen) atoms. The second-order valence-corrected chi connectivity index (χ2v) is 4.77. The first-order valence-electron chi connectivity index (χ1n) is 6.25. The fourth-order valence-corrected chi connectivity index (χ4v) is 1.44. The molecule has 0 fully saturated rings. The Morgan fingerprint density at radius 1 is 1.23 bits per heavy atom. The van der Waals surface area contributed by atoms with Crippen molar-refractivity contribution in [2.75, 3.05) is 6.61 Å². The molecular weight excluding hydrogens is 292 g/mol. The Hall–Kier alpha value is -2.67. The molecule has 2 N–H and O–H groups in total. The van der Waals surface area contributed by atoms with E-state index in [0.29, 0.717) is 0 Å². The third kappa shape index (κ3) is 4.71. The van der Waals surface area contributed by atoms with E-state index >= 15 is 0 Å². The molecule has 0 aromatic heterocycles. The molecule has 0 saturated carbocycles. The molecule has 0 aliphatic rings. The van der Waals surface area contributed by atoms with Crippen molar-refractivity contribution in [1.82, 2.24) is 0 Å². The monoisotopic (exact) mass is 308 g/mol. The number of benzene rings is 1. The molecule has 7 nitrogen and oxygen atoms in total. The number of rotatable bonds is 6. The Labute approximate surface area is 126 Å². The van der Waals surface area contributed by atoms with Gasteiger partial charge < -0.3 is 19.7 Å². The fourth-order valence-electron chi connectivity index (χ4n) is 1.44. The predicted octanol–water partition coefficient (Wildman–Crippen LogP) is 1.37. The number of carbonyl (C=O) groups excluding carboxylic acids is 2. The molecule has 1 aromatic carbocycles. The van der Waals surface area contributed by atoms with Crippen molar-refractivity contribution < 1.29 is 34.1 Å². The lowest BCUT2D eigenvalue weighted by Crippen LogP contribution is -2.37. The second-order valence-electron chi connectivity index (χ2n) is 4.77. The number of carboxylic acids is 1. The van der Waals surface area contributed by atoms with Gasteiger partial charge in [-0.1, -0.05) is 18.7 Å². The summed E-state index contributed by atoms with van der Waals surface area (Å²) in [7, 11) is 0. The number of aliphatic hydroxyl groups is 1. The summed E-state index contributed by atoms with van der Waals surface area (Å²) in [6.07, 6.45) is 0. The topological polar surface area (TPSA) is 110 Å². The summed E-state index contributed by atoms with van der Waals surface area (Å²) >= 11 is 0. The van der Waals surface area contributed by atoms with Gasteiger partial charge in [0.2, 0.25) is 5.79 Å². The van der Waals surface area contributed by atoms with Gasteiger partial charge >= 0.3 is 17.9 Å². The van der Waals surface area contributed by atoms with Crippen LogP contribution in [0.15, 0.2) is 36.4 Å². The zero-order valence-corrected chi connectivity index (χ0v) is 12.2. The Morgan fingerprint density at radius 3 is 2.27 bits per heavy atom. The number of aromatic carboxylic acids is 1. The standard InChI is InChI=1S/C15H16O7/c1-9(2)13(18)22-15(3,20)8-21-14(19)11-7-5-4-6-10(11)12(16)17/h4-7,20H,1,8H2,2-3H3,(H,16,17). The lowest BCUT2D eigenvalue weighted by molar-refractivity contribution is -0.210. The molecular formula is C15H16O7. The molecule has 1 atom stereocenters. The molecule has 1 aromatic rings. The van der Waals surface area contributed by atoms with Crippen molar-refractivity contribution in [3.63, 3.8) is 0 Å². The molecule has 0 heterocycles. The highest BCUT2D eigenvalue weighted by atomic mass is 16.7. The summed E-state index contributed by atoms with van der Waals surface area (Å²) in [6, 6.07) is 5.46. The lowest BCUT2D eigenvalue weighted by atomic mass is 10.1. The summed E-state index contributed by atoms with van der Waals surface area (Å²) in [6.45, 7) is 5.23. The van der Waals surface area contributed by atoms with E-state index in [9.17, 15) is 19.5 Å². The average molecular weight is 308 g/mol. The molecule has 0 amide bonds. The minimum absolute atomic E-state index is 0.0721. The highest BCUT2D eigenvalue weighted by Crippen LogP contribution is 2.14. The van der Waals surface area contributed by atoms with E-state index in [1.807, 2.05) is 0 Å². The van der Waals surface area contributed by atoms with E-state index in [0.717, 1.165) is 6.92 Å². The van der Waals surface area contributed by atoms with Gasteiger partial charge in [0.25, 0.3) is 0 Å². The van der Waals surface area contributed by atoms with Crippen molar-refractivity contribution in [3.05, 3.63) is 47.5 Å². The quantitative estimate of drug-likeness (QED) is 0.464. The van der Waals surface area contributed by atoms with E-state index < -0.39 is 30.3 Å². The van der Waals surface area contributed by atoms with Crippen molar-refractivity contribution in [1.29, 1.82) is 0 Å².